The van der Waals surface area contributed by atoms with Crippen molar-refractivity contribution in [1.29, 1.82) is 0 Å². The van der Waals surface area contributed by atoms with E-state index in [1.54, 1.807) is 12.4 Å². The molecule has 100 valence electrons. The van der Waals surface area contributed by atoms with E-state index >= 15 is 0 Å². The lowest BCUT2D eigenvalue weighted by Gasteiger charge is -2.34. The van der Waals surface area contributed by atoms with Crippen LogP contribution in [0.25, 0.3) is 0 Å². The number of amides is 1. The lowest BCUT2D eigenvalue weighted by molar-refractivity contribution is 0.0635. The number of nitrogens with two attached hydrogens (primary N) is 1. The fourth-order valence-electron chi connectivity index (χ4n) is 2.20. The molecule has 0 radical (unpaired) electrons. The lowest BCUT2D eigenvalue weighted by atomic mass is 10.2. The Hall–Kier alpha value is -1.40. The SMILES string of the molecule is NCCCCN1CCN(C(=O)c2cn[nH]c2)CC1. The third-order valence-corrected chi connectivity index (χ3v) is 3.33. The number of rotatable bonds is 5. The van der Waals surface area contributed by atoms with Crippen LogP contribution in [0.3, 0.4) is 0 Å². The monoisotopic (exact) mass is 251 g/mol. The van der Waals surface area contributed by atoms with Crippen molar-refractivity contribution < 1.29 is 4.79 Å². The van der Waals surface area contributed by atoms with Crippen LogP contribution in [0.5, 0.6) is 0 Å². The second-order valence-electron chi connectivity index (χ2n) is 4.62. The molecule has 6 heteroatoms. The van der Waals surface area contributed by atoms with E-state index in [1.807, 2.05) is 4.90 Å². The molecule has 3 N–H and O–H groups in total. The number of aromatic nitrogens is 2. The summed E-state index contributed by atoms with van der Waals surface area (Å²) in [7, 11) is 0. The van der Waals surface area contributed by atoms with Crippen molar-refractivity contribution in [2.24, 2.45) is 5.73 Å². The highest BCUT2D eigenvalue weighted by Gasteiger charge is 2.22. The van der Waals surface area contributed by atoms with Gasteiger partial charge in [-0.25, -0.2) is 0 Å². The van der Waals surface area contributed by atoms with E-state index in [2.05, 4.69) is 15.1 Å². The van der Waals surface area contributed by atoms with E-state index in [9.17, 15) is 4.79 Å². The molecular weight excluding hydrogens is 230 g/mol. The van der Waals surface area contributed by atoms with Crippen LogP contribution in [-0.4, -0.2) is 65.2 Å². The highest BCUT2D eigenvalue weighted by molar-refractivity contribution is 5.93. The summed E-state index contributed by atoms with van der Waals surface area (Å²) in [6, 6.07) is 0. The molecule has 1 amide bonds. The first-order valence-corrected chi connectivity index (χ1v) is 6.51. The molecule has 0 spiro atoms. The molecule has 1 aromatic heterocycles. The summed E-state index contributed by atoms with van der Waals surface area (Å²) in [5.41, 5.74) is 6.12. The molecule has 1 aliphatic heterocycles. The van der Waals surface area contributed by atoms with E-state index in [0.717, 1.165) is 52.1 Å². The molecule has 0 atom stereocenters. The summed E-state index contributed by atoms with van der Waals surface area (Å²) >= 11 is 0. The second kappa shape index (κ2) is 6.51. The van der Waals surface area contributed by atoms with Gasteiger partial charge in [-0.05, 0) is 25.9 Å². The number of piperazine rings is 1. The van der Waals surface area contributed by atoms with Gasteiger partial charge >= 0.3 is 0 Å². The van der Waals surface area contributed by atoms with Crippen molar-refractivity contribution >= 4 is 5.91 Å². The van der Waals surface area contributed by atoms with Crippen molar-refractivity contribution in [3.63, 3.8) is 0 Å². The maximum absolute atomic E-state index is 12.1. The zero-order valence-corrected chi connectivity index (χ0v) is 10.6. The molecule has 0 unspecified atom stereocenters. The third kappa shape index (κ3) is 3.30. The quantitative estimate of drug-likeness (QED) is 0.717. The first-order chi connectivity index (χ1) is 8.81. The largest absolute Gasteiger partial charge is 0.336 e. The normalized spacial score (nSPS) is 17.1. The standard InChI is InChI=1S/C12H21N5O/c13-3-1-2-4-16-5-7-17(8-6-16)12(18)11-9-14-15-10-11/h9-10H,1-8,13H2,(H,14,15). The van der Waals surface area contributed by atoms with Gasteiger partial charge in [0, 0.05) is 32.4 Å². The zero-order valence-electron chi connectivity index (χ0n) is 10.6. The number of carbonyl (C=O) groups is 1. The van der Waals surface area contributed by atoms with Crippen LogP contribution in [0.1, 0.15) is 23.2 Å². The van der Waals surface area contributed by atoms with E-state index in [4.69, 9.17) is 5.73 Å². The Balaban J connectivity index is 1.75. The Morgan fingerprint density at radius 3 is 2.72 bits per heavy atom. The summed E-state index contributed by atoms with van der Waals surface area (Å²) in [4.78, 5) is 16.3. The summed E-state index contributed by atoms with van der Waals surface area (Å²) < 4.78 is 0. The molecule has 1 saturated heterocycles. The number of hydrogen-bond acceptors (Lipinski definition) is 4. The Morgan fingerprint density at radius 1 is 1.33 bits per heavy atom. The van der Waals surface area contributed by atoms with Crippen molar-refractivity contribution in [1.82, 2.24) is 20.0 Å². The molecule has 0 bridgehead atoms. The van der Waals surface area contributed by atoms with Crippen molar-refractivity contribution in [2.75, 3.05) is 39.3 Å². The number of nitrogens with zero attached hydrogens (tertiary/aromatic N) is 3. The Morgan fingerprint density at radius 2 is 2.11 bits per heavy atom. The van der Waals surface area contributed by atoms with Crippen LogP contribution in [-0.2, 0) is 0 Å². The fourth-order valence-corrected chi connectivity index (χ4v) is 2.20. The molecule has 18 heavy (non-hydrogen) atoms. The molecule has 0 aromatic carbocycles. The summed E-state index contributed by atoms with van der Waals surface area (Å²) in [5, 5.41) is 6.48. The molecule has 2 rings (SSSR count). The van der Waals surface area contributed by atoms with Crippen LogP contribution < -0.4 is 5.73 Å². The van der Waals surface area contributed by atoms with Gasteiger partial charge in [-0.2, -0.15) is 5.10 Å². The average molecular weight is 251 g/mol. The number of aromatic amines is 1. The van der Waals surface area contributed by atoms with Gasteiger partial charge < -0.3 is 10.6 Å². The summed E-state index contributed by atoms with van der Waals surface area (Å²) in [6.45, 7) is 5.35. The predicted octanol–water partition coefficient (Wildman–Crippen LogP) is -0.0936. The topological polar surface area (TPSA) is 78.2 Å². The van der Waals surface area contributed by atoms with Crippen molar-refractivity contribution in [3.05, 3.63) is 18.0 Å². The van der Waals surface area contributed by atoms with Gasteiger partial charge in [-0.1, -0.05) is 0 Å². The van der Waals surface area contributed by atoms with Gasteiger partial charge in [0.2, 0.25) is 0 Å². The average Bonchev–Trinajstić information content (AvgIpc) is 2.93. The van der Waals surface area contributed by atoms with Gasteiger partial charge in [-0.15, -0.1) is 0 Å². The second-order valence-corrected chi connectivity index (χ2v) is 4.62. The number of nitrogens with one attached hydrogen (secondary N) is 1. The number of carbonyl (C=O) groups excluding carboxylic acids is 1. The minimum Gasteiger partial charge on any atom is -0.336 e. The minimum atomic E-state index is 0.0744. The molecule has 0 aliphatic carbocycles. The highest BCUT2D eigenvalue weighted by Crippen LogP contribution is 2.08. The maximum atomic E-state index is 12.1. The maximum Gasteiger partial charge on any atom is 0.257 e. The minimum absolute atomic E-state index is 0.0744. The number of H-pyrrole nitrogens is 1. The van der Waals surface area contributed by atoms with E-state index in [-0.39, 0.29) is 5.91 Å². The fraction of sp³-hybridized carbons (Fsp3) is 0.667. The van der Waals surface area contributed by atoms with Crippen LogP contribution in [0, 0.1) is 0 Å². The van der Waals surface area contributed by atoms with E-state index < -0.39 is 0 Å². The van der Waals surface area contributed by atoms with Gasteiger partial charge in [-0.3, -0.25) is 14.8 Å². The van der Waals surface area contributed by atoms with E-state index in [0.29, 0.717) is 5.56 Å². The first kappa shape index (κ1) is 13.0. The Bertz CT molecular complexity index is 357. The van der Waals surface area contributed by atoms with Crippen LogP contribution in [0.4, 0.5) is 0 Å². The zero-order chi connectivity index (χ0) is 12.8. The van der Waals surface area contributed by atoms with Gasteiger partial charge in [0.05, 0.1) is 11.8 Å². The van der Waals surface area contributed by atoms with E-state index in [1.165, 1.54) is 0 Å². The summed E-state index contributed by atoms with van der Waals surface area (Å²) in [6.07, 6.45) is 5.45. The van der Waals surface area contributed by atoms with Gasteiger partial charge in [0.15, 0.2) is 0 Å². The Kier molecular flexibility index (Phi) is 4.72. The summed E-state index contributed by atoms with van der Waals surface area (Å²) in [5.74, 6) is 0.0744. The molecular formula is C12H21N5O. The van der Waals surface area contributed by atoms with Crippen LogP contribution in [0.15, 0.2) is 12.4 Å². The van der Waals surface area contributed by atoms with Crippen molar-refractivity contribution in [3.8, 4) is 0 Å². The van der Waals surface area contributed by atoms with Gasteiger partial charge in [0.25, 0.3) is 5.91 Å². The first-order valence-electron chi connectivity index (χ1n) is 6.51. The molecule has 1 aromatic rings. The van der Waals surface area contributed by atoms with Gasteiger partial charge in [0.1, 0.15) is 0 Å². The molecule has 1 aliphatic rings. The molecule has 0 saturated carbocycles. The van der Waals surface area contributed by atoms with Crippen molar-refractivity contribution in [2.45, 2.75) is 12.8 Å². The van der Waals surface area contributed by atoms with Crippen LogP contribution >= 0.6 is 0 Å². The third-order valence-electron chi connectivity index (χ3n) is 3.33. The number of hydrogen-bond donors (Lipinski definition) is 2. The lowest BCUT2D eigenvalue weighted by Crippen LogP contribution is -2.48. The smallest absolute Gasteiger partial charge is 0.257 e. The Labute approximate surface area is 107 Å². The molecule has 2 heterocycles. The highest BCUT2D eigenvalue weighted by atomic mass is 16.2. The predicted molar refractivity (Wildman–Crippen MR) is 69.2 cm³/mol. The van der Waals surface area contributed by atoms with Crippen LogP contribution in [0.2, 0.25) is 0 Å². The molecule has 6 nitrogen and oxygen atoms in total. The molecule has 1 fully saturated rings. The number of unbranched alkanes of at least 4 members (excludes halogenated alkanes) is 1.